The number of ether oxygens (including phenoxy) is 2. The molecule has 5 heteroatoms. The Labute approximate surface area is 128 Å². The minimum atomic E-state index is 0.0220. The van der Waals surface area contributed by atoms with Crippen molar-refractivity contribution in [1.29, 1.82) is 0 Å². The van der Waals surface area contributed by atoms with Crippen LogP contribution in [0.2, 0.25) is 0 Å². The van der Waals surface area contributed by atoms with E-state index < -0.39 is 0 Å². The first-order valence-corrected chi connectivity index (χ1v) is 7.89. The quantitative estimate of drug-likeness (QED) is 0.790. The summed E-state index contributed by atoms with van der Waals surface area (Å²) in [6, 6.07) is 5.32. The normalized spacial score (nSPS) is 16.1. The summed E-state index contributed by atoms with van der Waals surface area (Å²) in [6.45, 7) is 1.60. The minimum absolute atomic E-state index is 0.0220. The summed E-state index contributed by atoms with van der Waals surface area (Å²) < 4.78 is 10.5. The summed E-state index contributed by atoms with van der Waals surface area (Å²) in [5.41, 5.74) is 0.573. The van der Waals surface area contributed by atoms with Gasteiger partial charge in [0.15, 0.2) is 0 Å². The molecule has 0 bridgehead atoms. The Bertz CT molecular complexity index is 470. The Morgan fingerprint density at radius 1 is 1.30 bits per heavy atom. The number of nitrogens with zero attached hydrogens (tertiary/aromatic N) is 1. The van der Waals surface area contributed by atoms with Crippen LogP contribution >= 0.6 is 15.9 Å². The molecule has 0 N–H and O–H groups in total. The van der Waals surface area contributed by atoms with Crippen LogP contribution in [0.4, 0.5) is 0 Å². The molecule has 1 aromatic carbocycles. The first kappa shape index (κ1) is 15.2. The summed E-state index contributed by atoms with van der Waals surface area (Å²) in [5, 5.41) is 1.01. The molecule has 0 aliphatic carbocycles. The van der Waals surface area contributed by atoms with Gasteiger partial charge in [0.05, 0.1) is 19.8 Å². The van der Waals surface area contributed by atoms with Crippen molar-refractivity contribution >= 4 is 21.8 Å². The minimum Gasteiger partial charge on any atom is -0.497 e. The number of methoxy groups -OCH3 is 2. The zero-order chi connectivity index (χ0) is 14.5. The number of likely N-dealkylation sites (tertiary alicyclic amines) is 1. The van der Waals surface area contributed by atoms with E-state index in [0.29, 0.717) is 23.0 Å². The van der Waals surface area contributed by atoms with Crippen LogP contribution in [0, 0.1) is 5.92 Å². The lowest BCUT2D eigenvalue weighted by Gasteiger charge is -2.31. The Morgan fingerprint density at radius 2 is 2.00 bits per heavy atom. The molecule has 2 rings (SSSR count). The Morgan fingerprint density at radius 3 is 2.55 bits per heavy atom. The van der Waals surface area contributed by atoms with Crippen molar-refractivity contribution in [2.45, 2.75) is 12.8 Å². The summed E-state index contributed by atoms with van der Waals surface area (Å²) in [5.74, 6) is 1.96. The number of hydrogen-bond donors (Lipinski definition) is 0. The average Bonchev–Trinajstić information content (AvgIpc) is 2.53. The van der Waals surface area contributed by atoms with Gasteiger partial charge in [0.2, 0.25) is 0 Å². The van der Waals surface area contributed by atoms with E-state index in [-0.39, 0.29) is 5.91 Å². The van der Waals surface area contributed by atoms with Gasteiger partial charge in [0.25, 0.3) is 5.91 Å². The van der Waals surface area contributed by atoms with E-state index in [1.54, 1.807) is 32.4 Å². The third kappa shape index (κ3) is 3.26. The number of halogens is 1. The van der Waals surface area contributed by atoms with Crippen LogP contribution in [0.25, 0.3) is 0 Å². The molecule has 1 aliphatic rings. The molecular formula is C15H20BrNO3. The average molecular weight is 342 g/mol. The Balaban J connectivity index is 2.16. The van der Waals surface area contributed by atoms with Crippen LogP contribution in [-0.2, 0) is 0 Å². The Hall–Kier alpha value is -1.23. The topological polar surface area (TPSA) is 38.8 Å². The molecule has 4 nitrogen and oxygen atoms in total. The number of hydrogen-bond acceptors (Lipinski definition) is 3. The fourth-order valence-electron chi connectivity index (χ4n) is 2.44. The van der Waals surface area contributed by atoms with Crippen molar-refractivity contribution in [2.24, 2.45) is 5.92 Å². The van der Waals surface area contributed by atoms with E-state index in [4.69, 9.17) is 9.47 Å². The van der Waals surface area contributed by atoms with E-state index in [0.717, 1.165) is 31.3 Å². The molecule has 1 amide bonds. The maximum absolute atomic E-state index is 12.6. The monoisotopic (exact) mass is 341 g/mol. The Kier molecular flexibility index (Phi) is 5.29. The molecule has 1 fully saturated rings. The number of alkyl halides is 1. The van der Waals surface area contributed by atoms with Crippen LogP contribution in [0.3, 0.4) is 0 Å². The molecule has 20 heavy (non-hydrogen) atoms. The van der Waals surface area contributed by atoms with Crippen molar-refractivity contribution in [3.8, 4) is 11.5 Å². The molecule has 1 heterocycles. The molecule has 0 spiro atoms. The van der Waals surface area contributed by atoms with Gasteiger partial charge in [0.1, 0.15) is 11.5 Å². The van der Waals surface area contributed by atoms with Gasteiger partial charge in [-0.1, -0.05) is 15.9 Å². The van der Waals surface area contributed by atoms with E-state index in [1.165, 1.54) is 0 Å². The van der Waals surface area contributed by atoms with Gasteiger partial charge < -0.3 is 14.4 Å². The van der Waals surface area contributed by atoms with E-state index in [1.807, 2.05) is 4.90 Å². The standard InChI is InChI=1S/C15H20BrNO3/c1-19-12-3-4-14(20-2)13(9-12)15(18)17-7-5-11(10-16)6-8-17/h3-4,9,11H,5-8,10H2,1-2H3. The number of benzene rings is 1. The van der Waals surface area contributed by atoms with Crippen molar-refractivity contribution in [2.75, 3.05) is 32.6 Å². The molecule has 0 radical (unpaired) electrons. The molecule has 0 unspecified atom stereocenters. The highest BCUT2D eigenvalue weighted by molar-refractivity contribution is 9.09. The largest absolute Gasteiger partial charge is 0.497 e. The van der Waals surface area contributed by atoms with Crippen LogP contribution < -0.4 is 9.47 Å². The van der Waals surface area contributed by atoms with Gasteiger partial charge in [-0.25, -0.2) is 0 Å². The zero-order valence-electron chi connectivity index (χ0n) is 11.9. The molecule has 0 saturated carbocycles. The van der Waals surface area contributed by atoms with Gasteiger partial charge in [-0.3, -0.25) is 4.79 Å². The lowest BCUT2D eigenvalue weighted by molar-refractivity contribution is 0.0695. The van der Waals surface area contributed by atoms with E-state index in [2.05, 4.69) is 15.9 Å². The SMILES string of the molecule is COc1ccc(OC)c(C(=O)N2CCC(CBr)CC2)c1. The number of carbonyl (C=O) groups excluding carboxylic acids is 1. The number of amides is 1. The van der Waals surface area contributed by atoms with Crippen molar-refractivity contribution in [1.82, 2.24) is 4.90 Å². The predicted octanol–water partition coefficient (Wildman–Crippen LogP) is 2.95. The van der Waals surface area contributed by atoms with Gasteiger partial charge in [0, 0.05) is 18.4 Å². The van der Waals surface area contributed by atoms with Gasteiger partial charge >= 0.3 is 0 Å². The fourth-order valence-corrected chi connectivity index (χ4v) is 3.09. The van der Waals surface area contributed by atoms with Crippen LogP contribution in [-0.4, -0.2) is 43.4 Å². The number of piperidine rings is 1. The molecule has 1 saturated heterocycles. The zero-order valence-corrected chi connectivity index (χ0v) is 13.5. The molecule has 1 aliphatic heterocycles. The van der Waals surface area contributed by atoms with Gasteiger partial charge in [-0.2, -0.15) is 0 Å². The lowest BCUT2D eigenvalue weighted by Crippen LogP contribution is -2.38. The first-order chi connectivity index (χ1) is 9.69. The second-order valence-corrected chi connectivity index (χ2v) is 5.60. The molecular weight excluding hydrogens is 322 g/mol. The summed E-state index contributed by atoms with van der Waals surface area (Å²) in [6.07, 6.45) is 2.09. The van der Waals surface area contributed by atoms with Crippen LogP contribution in [0.1, 0.15) is 23.2 Å². The van der Waals surface area contributed by atoms with E-state index in [9.17, 15) is 4.79 Å². The lowest BCUT2D eigenvalue weighted by atomic mass is 9.98. The van der Waals surface area contributed by atoms with Crippen molar-refractivity contribution in [3.05, 3.63) is 23.8 Å². The highest BCUT2D eigenvalue weighted by Gasteiger charge is 2.25. The van der Waals surface area contributed by atoms with Crippen molar-refractivity contribution in [3.63, 3.8) is 0 Å². The second kappa shape index (κ2) is 6.97. The van der Waals surface area contributed by atoms with Crippen LogP contribution in [0.15, 0.2) is 18.2 Å². The molecule has 0 aromatic heterocycles. The third-order valence-corrected chi connectivity index (χ3v) is 4.67. The number of rotatable bonds is 4. The maximum Gasteiger partial charge on any atom is 0.257 e. The van der Waals surface area contributed by atoms with Gasteiger partial charge in [-0.05, 0) is 37.0 Å². The van der Waals surface area contributed by atoms with Crippen LogP contribution in [0.5, 0.6) is 11.5 Å². The van der Waals surface area contributed by atoms with Crippen molar-refractivity contribution < 1.29 is 14.3 Å². The molecule has 110 valence electrons. The predicted molar refractivity (Wildman–Crippen MR) is 82.0 cm³/mol. The summed E-state index contributed by atoms with van der Waals surface area (Å²) in [4.78, 5) is 14.5. The maximum atomic E-state index is 12.6. The second-order valence-electron chi connectivity index (χ2n) is 4.96. The third-order valence-electron chi connectivity index (χ3n) is 3.76. The number of carbonyl (C=O) groups is 1. The fraction of sp³-hybridized carbons (Fsp3) is 0.533. The highest BCUT2D eigenvalue weighted by atomic mass is 79.9. The summed E-state index contributed by atoms with van der Waals surface area (Å²) in [7, 11) is 3.17. The summed E-state index contributed by atoms with van der Waals surface area (Å²) >= 11 is 3.51. The van der Waals surface area contributed by atoms with E-state index >= 15 is 0 Å². The molecule has 0 atom stereocenters. The smallest absolute Gasteiger partial charge is 0.257 e. The van der Waals surface area contributed by atoms with Gasteiger partial charge in [-0.15, -0.1) is 0 Å². The first-order valence-electron chi connectivity index (χ1n) is 6.76. The highest BCUT2D eigenvalue weighted by Crippen LogP contribution is 2.27. The molecule has 1 aromatic rings.